The summed E-state index contributed by atoms with van der Waals surface area (Å²) in [7, 11) is -3.50. The minimum absolute atomic E-state index is 0. The molecule has 8 heteroatoms. The molecule has 0 radical (unpaired) electrons. The van der Waals surface area contributed by atoms with Crippen LogP contribution in [0.1, 0.15) is 50.3 Å². The van der Waals surface area contributed by atoms with Crippen molar-refractivity contribution in [3.8, 4) is 0 Å². The lowest BCUT2D eigenvalue weighted by Gasteiger charge is -2.26. The first kappa shape index (κ1) is 25.6. The van der Waals surface area contributed by atoms with E-state index in [1.807, 2.05) is 37.3 Å². The van der Waals surface area contributed by atoms with Crippen molar-refractivity contribution in [1.82, 2.24) is 14.9 Å². The number of piperidine rings is 1. The molecule has 1 atom stereocenters. The molecule has 2 aromatic rings. The van der Waals surface area contributed by atoms with Crippen LogP contribution < -0.4 is 10.6 Å². The van der Waals surface area contributed by atoms with Crippen LogP contribution in [0.3, 0.4) is 0 Å². The number of halogens is 1. The maximum absolute atomic E-state index is 13.2. The highest BCUT2D eigenvalue weighted by atomic mass is 127. The lowest BCUT2D eigenvalue weighted by Crippen LogP contribution is -2.38. The number of nitrogens with zero attached hydrogens (tertiary/aromatic N) is 2. The van der Waals surface area contributed by atoms with Gasteiger partial charge in [0.25, 0.3) is 0 Å². The number of benzene rings is 2. The molecule has 0 spiro atoms. The van der Waals surface area contributed by atoms with Gasteiger partial charge in [-0.2, -0.15) is 4.31 Å². The number of guanidine groups is 1. The van der Waals surface area contributed by atoms with Crippen molar-refractivity contribution in [3.63, 3.8) is 0 Å². The van der Waals surface area contributed by atoms with Gasteiger partial charge in [-0.25, -0.2) is 13.4 Å². The normalized spacial score (nSPS) is 16.3. The monoisotopic (exact) mass is 556 g/mol. The Morgan fingerprint density at radius 3 is 2.35 bits per heavy atom. The van der Waals surface area contributed by atoms with Gasteiger partial charge < -0.3 is 10.6 Å². The van der Waals surface area contributed by atoms with Crippen LogP contribution in [0.4, 0.5) is 0 Å². The topological polar surface area (TPSA) is 73.8 Å². The molecule has 31 heavy (non-hydrogen) atoms. The predicted octanol–water partition coefficient (Wildman–Crippen LogP) is 4.30. The van der Waals surface area contributed by atoms with Crippen LogP contribution in [0.25, 0.3) is 0 Å². The molecule has 170 valence electrons. The van der Waals surface area contributed by atoms with Gasteiger partial charge in [0.1, 0.15) is 0 Å². The third-order valence-corrected chi connectivity index (χ3v) is 7.31. The van der Waals surface area contributed by atoms with E-state index in [1.54, 1.807) is 16.4 Å². The summed E-state index contributed by atoms with van der Waals surface area (Å²) in [6, 6.07) is 17.4. The second-order valence-electron chi connectivity index (χ2n) is 7.54. The lowest BCUT2D eigenvalue weighted by atomic mass is 10.1. The molecule has 1 unspecified atom stereocenters. The molecule has 1 aliphatic rings. The second-order valence-corrected chi connectivity index (χ2v) is 9.45. The molecule has 1 aliphatic heterocycles. The first-order chi connectivity index (χ1) is 14.5. The molecule has 6 nitrogen and oxygen atoms in total. The smallest absolute Gasteiger partial charge is 0.243 e. The highest BCUT2D eigenvalue weighted by Gasteiger charge is 2.27. The van der Waals surface area contributed by atoms with Gasteiger partial charge in [0.15, 0.2) is 5.96 Å². The first-order valence-electron chi connectivity index (χ1n) is 10.7. The maximum Gasteiger partial charge on any atom is 0.243 e. The number of sulfonamides is 1. The Hall–Kier alpha value is -1.65. The van der Waals surface area contributed by atoms with Crippen LogP contribution in [-0.4, -0.2) is 38.3 Å². The van der Waals surface area contributed by atoms with Gasteiger partial charge in [0.05, 0.1) is 17.5 Å². The summed E-state index contributed by atoms with van der Waals surface area (Å²) >= 11 is 0. The minimum atomic E-state index is -3.50. The van der Waals surface area contributed by atoms with Crippen LogP contribution in [0.15, 0.2) is 64.5 Å². The Kier molecular flexibility index (Phi) is 10.2. The van der Waals surface area contributed by atoms with E-state index in [0.717, 1.165) is 31.4 Å². The largest absolute Gasteiger partial charge is 0.357 e. The molecule has 2 N–H and O–H groups in total. The van der Waals surface area contributed by atoms with Crippen LogP contribution in [0, 0.1) is 0 Å². The Bertz CT molecular complexity index is 945. The number of hydrogen-bond acceptors (Lipinski definition) is 3. The van der Waals surface area contributed by atoms with Gasteiger partial charge in [-0.1, -0.05) is 55.0 Å². The van der Waals surface area contributed by atoms with E-state index < -0.39 is 10.0 Å². The first-order valence-corrected chi connectivity index (χ1v) is 12.1. The van der Waals surface area contributed by atoms with Crippen molar-refractivity contribution in [2.24, 2.45) is 4.99 Å². The standard InChI is InChI=1S/C23H32N4O2S.HI/c1-3-24-23(26-19(2)20-12-6-4-7-13-20)25-18-21-14-8-9-15-22(21)30(28,29)27-16-10-5-11-17-27;/h4,6-9,12-15,19H,3,5,10-11,16-18H2,1-2H3,(H2,24,25,26);1H. The lowest BCUT2D eigenvalue weighted by molar-refractivity contribution is 0.346. The zero-order valence-electron chi connectivity index (χ0n) is 18.3. The van der Waals surface area contributed by atoms with Crippen molar-refractivity contribution in [2.75, 3.05) is 19.6 Å². The van der Waals surface area contributed by atoms with Crippen molar-refractivity contribution >= 4 is 40.0 Å². The van der Waals surface area contributed by atoms with Crippen molar-refractivity contribution in [2.45, 2.75) is 50.6 Å². The molecule has 0 aliphatic carbocycles. The van der Waals surface area contributed by atoms with Crippen molar-refractivity contribution < 1.29 is 8.42 Å². The molecule has 1 heterocycles. The molecule has 1 fully saturated rings. The summed E-state index contributed by atoms with van der Waals surface area (Å²) in [5, 5.41) is 6.66. The molecule has 3 rings (SSSR count). The highest BCUT2D eigenvalue weighted by molar-refractivity contribution is 14.0. The fraction of sp³-hybridized carbons (Fsp3) is 0.435. The van der Waals surface area contributed by atoms with Gasteiger partial charge in [-0.3, -0.25) is 0 Å². The fourth-order valence-electron chi connectivity index (χ4n) is 3.64. The van der Waals surface area contributed by atoms with Crippen molar-refractivity contribution in [1.29, 1.82) is 0 Å². The van der Waals surface area contributed by atoms with Gasteiger partial charge in [-0.15, -0.1) is 24.0 Å². The Labute approximate surface area is 203 Å². The summed E-state index contributed by atoms with van der Waals surface area (Å²) in [6.45, 7) is 6.30. The van der Waals surface area contributed by atoms with Crippen LogP contribution >= 0.6 is 24.0 Å². The third-order valence-electron chi connectivity index (χ3n) is 5.31. The number of nitrogens with one attached hydrogen (secondary N) is 2. The zero-order chi connectivity index (χ0) is 21.4. The Morgan fingerprint density at radius 2 is 1.68 bits per heavy atom. The molecular weight excluding hydrogens is 523 g/mol. The van der Waals surface area contributed by atoms with Crippen molar-refractivity contribution in [3.05, 3.63) is 65.7 Å². The van der Waals surface area contributed by atoms with E-state index >= 15 is 0 Å². The number of rotatable bonds is 7. The summed E-state index contributed by atoms with van der Waals surface area (Å²) in [5.41, 5.74) is 1.88. The predicted molar refractivity (Wildman–Crippen MR) is 137 cm³/mol. The second kappa shape index (κ2) is 12.4. The summed E-state index contributed by atoms with van der Waals surface area (Å²) in [6.07, 6.45) is 2.94. The average Bonchev–Trinajstić information content (AvgIpc) is 2.79. The molecule has 1 saturated heterocycles. The van der Waals surface area contributed by atoms with Gasteiger partial charge in [-0.05, 0) is 43.9 Å². The molecule has 0 bridgehead atoms. The van der Waals surface area contributed by atoms with Gasteiger partial charge in [0.2, 0.25) is 10.0 Å². The molecule has 2 aromatic carbocycles. The van der Waals surface area contributed by atoms with Crippen LogP contribution in [-0.2, 0) is 16.6 Å². The summed E-state index contributed by atoms with van der Waals surface area (Å²) in [4.78, 5) is 5.04. The average molecular weight is 557 g/mol. The Morgan fingerprint density at radius 1 is 1.03 bits per heavy atom. The number of hydrogen-bond donors (Lipinski definition) is 2. The molecule has 0 aromatic heterocycles. The molecule has 0 saturated carbocycles. The maximum atomic E-state index is 13.2. The van der Waals surface area contributed by atoms with Gasteiger partial charge in [0, 0.05) is 19.6 Å². The fourth-order valence-corrected chi connectivity index (χ4v) is 5.38. The van der Waals surface area contributed by atoms with E-state index in [9.17, 15) is 8.42 Å². The van der Waals surface area contributed by atoms with Gasteiger partial charge >= 0.3 is 0 Å². The van der Waals surface area contributed by atoms with Crippen LogP contribution in [0.2, 0.25) is 0 Å². The van der Waals surface area contributed by atoms with E-state index in [0.29, 0.717) is 36.1 Å². The quantitative estimate of drug-likeness (QED) is 0.303. The third kappa shape index (κ3) is 6.92. The summed E-state index contributed by atoms with van der Waals surface area (Å²) < 4.78 is 28.0. The van der Waals surface area contributed by atoms with E-state index in [1.165, 1.54) is 0 Å². The molecule has 0 amide bonds. The van der Waals surface area contributed by atoms with E-state index in [-0.39, 0.29) is 30.0 Å². The number of aliphatic imine (C=N–C) groups is 1. The SMILES string of the molecule is CCNC(=NCc1ccccc1S(=O)(=O)N1CCCCC1)NC(C)c1ccccc1.I. The van der Waals surface area contributed by atoms with E-state index in [2.05, 4.69) is 34.7 Å². The Balaban J connectivity index is 0.00000341. The minimum Gasteiger partial charge on any atom is -0.357 e. The summed E-state index contributed by atoms with van der Waals surface area (Å²) in [5.74, 6) is 0.666. The van der Waals surface area contributed by atoms with Crippen LogP contribution in [0.5, 0.6) is 0 Å². The van der Waals surface area contributed by atoms with E-state index in [4.69, 9.17) is 0 Å². The zero-order valence-corrected chi connectivity index (χ0v) is 21.4. The molecular formula is C23H33IN4O2S. The highest BCUT2D eigenvalue weighted by Crippen LogP contribution is 2.24.